The molecule has 0 heterocycles. The predicted molar refractivity (Wildman–Crippen MR) is 56.8 cm³/mol. The zero-order valence-electron chi connectivity index (χ0n) is 8.54. The Morgan fingerprint density at radius 3 is 2.67 bits per heavy atom. The molecule has 0 radical (unpaired) electrons. The summed E-state index contributed by atoms with van der Waals surface area (Å²) in [4.78, 5) is 10.6. The van der Waals surface area contributed by atoms with E-state index in [4.69, 9.17) is 10.8 Å². The number of nitrogens with two attached hydrogens (primary N) is 1. The molecular weight excluding hydrogens is 197 g/mol. The van der Waals surface area contributed by atoms with E-state index in [1.807, 2.05) is 0 Å². The molecule has 3 N–H and O–H groups in total. The Hall–Kier alpha value is -1.84. The first-order valence-corrected chi connectivity index (χ1v) is 4.39. The number of carboxylic acid groups (broad SMARTS) is 1. The van der Waals surface area contributed by atoms with Crippen LogP contribution in [-0.4, -0.2) is 11.1 Å². The summed E-state index contributed by atoms with van der Waals surface area (Å²) in [7, 11) is 0. The van der Waals surface area contributed by atoms with E-state index in [9.17, 15) is 9.18 Å². The van der Waals surface area contributed by atoms with Gasteiger partial charge in [0, 0.05) is 11.1 Å². The second-order valence-corrected chi connectivity index (χ2v) is 3.38. The molecule has 0 aromatic heterocycles. The Labute approximate surface area is 87.0 Å². The second kappa shape index (κ2) is 4.13. The Morgan fingerprint density at radius 2 is 2.13 bits per heavy atom. The minimum absolute atomic E-state index is 0.0267. The highest BCUT2D eigenvalue weighted by Crippen LogP contribution is 2.21. The van der Waals surface area contributed by atoms with Crippen molar-refractivity contribution < 1.29 is 14.3 Å². The van der Waals surface area contributed by atoms with Crippen LogP contribution in [0.3, 0.4) is 0 Å². The molecule has 0 unspecified atom stereocenters. The standard InChI is InChI=1S/C11H12FNO2/c1-6-3-8(5-7(2)11(14)15)10(13)9(12)4-6/h3-5H,13H2,1-2H3,(H,14,15). The van der Waals surface area contributed by atoms with Gasteiger partial charge in [0.05, 0.1) is 5.69 Å². The third kappa shape index (κ3) is 2.56. The number of carboxylic acids is 1. The van der Waals surface area contributed by atoms with Crippen LogP contribution >= 0.6 is 0 Å². The number of nitrogen functional groups attached to an aromatic ring is 1. The summed E-state index contributed by atoms with van der Waals surface area (Å²) in [5.74, 6) is -1.57. The molecule has 80 valence electrons. The van der Waals surface area contributed by atoms with Gasteiger partial charge in [-0.2, -0.15) is 0 Å². The molecule has 1 aromatic rings. The maximum Gasteiger partial charge on any atom is 0.331 e. The first-order chi connectivity index (χ1) is 6.91. The fourth-order valence-corrected chi connectivity index (χ4v) is 1.19. The van der Waals surface area contributed by atoms with E-state index in [1.54, 1.807) is 13.0 Å². The monoisotopic (exact) mass is 209 g/mol. The number of anilines is 1. The number of rotatable bonds is 2. The lowest BCUT2D eigenvalue weighted by atomic mass is 10.1. The maximum atomic E-state index is 13.2. The first-order valence-electron chi connectivity index (χ1n) is 4.39. The fraction of sp³-hybridized carbons (Fsp3) is 0.182. The summed E-state index contributed by atoms with van der Waals surface area (Å²) in [6, 6.07) is 2.95. The zero-order valence-corrected chi connectivity index (χ0v) is 8.54. The van der Waals surface area contributed by atoms with Gasteiger partial charge in [0.2, 0.25) is 0 Å². The van der Waals surface area contributed by atoms with Crippen molar-refractivity contribution in [3.63, 3.8) is 0 Å². The number of hydrogen-bond donors (Lipinski definition) is 2. The number of benzene rings is 1. The number of aryl methyl sites for hydroxylation is 1. The molecule has 0 aliphatic carbocycles. The van der Waals surface area contributed by atoms with Crippen molar-refractivity contribution in [1.29, 1.82) is 0 Å². The van der Waals surface area contributed by atoms with Crippen molar-refractivity contribution >= 4 is 17.7 Å². The molecule has 4 heteroatoms. The van der Waals surface area contributed by atoms with Crippen LogP contribution in [0.4, 0.5) is 10.1 Å². The topological polar surface area (TPSA) is 63.3 Å². The van der Waals surface area contributed by atoms with Gasteiger partial charge in [-0.25, -0.2) is 9.18 Å². The summed E-state index contributed by atoms with van der Waals surface area (Å²) >= 11 is 0. The summed E-state index contributed by atoms with van der Waals surface area (Å²) < 4.78 is 13.2. The van der Waals surface area contributed by atoms with Crippen molar-refractivity contribution in [3.05, 3.63) is 34.6 Å². The average Bonchev–Trinajstić information content (AvgIpc) is 2.13. The SMILES string of the molecule is CC(=Cc1cc(C)cc(F)c1N)C(=O)O. The molecule has 0 saturated heterocycles. The molecule has 0 saturated carbocycles. The van der Waals surface area contributed by atoms with Crippen molar-refractivity contribution in [2.75, 3.05) is 5.73 Å². The van der Waals surface area contributed by atoms with E-state index in [2.05, 4.69) is 0 Å². The highest BCUT2D eigenvalue weighted by Gasteiger charge is 2.06. The molecule has 0 aliphatic rings. The van der Waals surface area contributed by atoms with Gasteiger partial charge < -0.3 is 10.8 Å². The second-order valence-electron chi connectivity index (χ2n) is 3.38. The maximum absolute atomic E-state index is 13.2. The van der Waals surface area contributed by atoms with Crippen LogP contribution in [0, 0.1) is 12.7 Å². The molecule has 15 heavy (non-hydrogen) atoms. The van der Waals surface area contributed by atoms with Gasteiger partial charge in [-0.3, -0.25) is 0 Å². The number of carbonyl (C=O) groups is 1. The molecule has 1 rings (SSSR count). The van der Waals surface area contributed by atoms with Crippen LogP contribution in [0.15, 0.2) is 17.7 Å². The van der Waals surface area contributed by atoms with Gasteiger partial charge in [-0.05, 0) is 37.6 Å². The van der Waals surface area contributed by atoms with E-state index in [0.717, 1.165) is 0 Å². The Balaban J connectivity index is 3.26. The third-order valence-electron chi connectivity index (χ3n) is 2.02. The number of aliphatic carboxylic acids is 1. The quantitative estimate of drug-likeness (QED) is 0.579. The van der Waals surface area contributed by atoms with E-state index in [0.29, 0.717) is 11.1 Å². The molecule has 0 amide bonds. The summed E-state index contributed by atoms with van der Waals surface area (Å²) in [6.07, 6.45) is 1.35. The van der Waals surface area contributed by atoms with Crippen molar-refractivity contribution in [3.8, 4) is 0 Å². The molecule has 1 aromatic carbocycles. The lowest BCUT2D eigenvalue weighted by Gasteiger charge is -2.04. The smallest absolute Gasteiger partial charge is 0.331 e. The summed E-state index contributed by atoms with van der Waals surface area (Å²) in [5.41, 5.74) is 6.67. The zero-order chi connectivity index (χ0) is 11.6. The van der Waals surface area contributed by atoms with E-state index < -0.39 is 11.8 Å². The number of hydrogen-bond acceptors (Lipinski definition) is 2. The molecule has 0 fully saturated rings. The lowest BCUT2D eigenvalue weighted by molar-refractivity contribution is -0.132. The molecule has 0 aliphatic heterocycles. The van der Waals surface area contributed by atoms with Crippen molar-refractivity contribution in [1.82, 2.24) is 0 Å². The largest absolute Gasteiger partial charge is 0.478 e. The minimum Gasteiger partial charge on any atom is -0.478 e. The van der Waals surface area contributed by atoms with E-state index in [-0.39, 0.29) is 11.3 Å². The van der Waals surface area contributed by atoms with Gasteiger partial charge >= 0.3 is 5.97 Å². The first kappa shape index (κ1) is 11.2. The highest BCUT2D eigenvalue weighted by molar-refractivity contribution is 5.92. The average molecular weight is 209 g/mol. The molecular formula is C11H12FNO2. The van der Waals surface area contributed by atoms with Gasteiger partial charge in [0.25, 0.3) is 0 Å². The van der Waals surface area contributed by atoms with E-state index in [1.165, 1.54) is 19.1 Å². The van der Waals surface area contributed by atoms with Crippen molar-refractivity contribution in [2.45, 2.75) is 13.8 Å². The predicted octanol–water partition coefficient (Wildman–Crippen LogP) is 2.20. The van der Waals surface area contributed by atoms with Gasteiger partial charge in [-0.1, -0.05) is 0 Å². The van der Waals surface area contributed by atoms with Crippen LogP contribution in [0.1, 0.15) is 18.1 Å². The normalized spacial score (nSPS) is 11.5. The number of halogens is 1. The van der Waals surface area contributed by atoms with Crippen LogP contribution < -0.4 is 5.73 Å². The van der Waals surface area contributed by atoms with Crippen LogP contribution in [-0.2, 0) is 4.79 Å². The molecule has 3 nitrogen and oxygen atoms in total. The fourth-order valence-electron chi connectivity index (χ4n) is 1.19. The Morgan fingerprint density at radius 1 is 1.53 bits per heavy atom. The highest BCUT2D eigenvalue weighted by atomic mass is 19.1. The third-order valence-corrected chi connectivity index (χ3v) is 2.02. The van der Waals surface area contributed by atoms with Crippen LogP contribution in [0.25, 0.3) is 6.08 Å². The van der Waals surface area contributed by atoms with Gasteiger partial charge in [-0.15, -0.1) is 0 Å². The Kier molecular flexibility index (Phi) is 3.09. The van der Waals surface area contributed by atoms with E-state index >= 15 is 0 Å². The van der Waals surface area contributed by atoms with Crippen molar-refractivity contribution in [2.24, 2.45) is 0 Å². The van der Waals surface area contributed by atoms with Gasteiger partial charge in [0.15, 0.2) is 0 Å². The summed E-state index contributed by atoms with van der Waals surface area (Å²) in [5, 5.41) is 8.67. The Bertz CT molecular complexity index is 438. The molecule has 0 atom stereocenters. The van der Waals surface area contributed by atoms with Crippen LogP contribution in [0.2, 0.25) is 0 Å². The minimum atomic E-state index is -1.05. The molecule has 0 bridgehead atoms. The molecule has 0 spiro atoms. The summed E-state index contributed by atoms with van der Waals surface area (Å²) in [6.45, 7) is 3.15. The van der Waals surface area contributed by atoms with Crippen LogP contribution in [0.5, 0.6) is 0 Å². The lowest BCUT2D eigenvalue weighted by Crippen LogP contribution is -1.99. The van der Waals surface area contributed by atoms with Gasteiger partial charge in [0.1, 0.15) is 5.82 Å².